The molecule has 0 spiro atoms. The summed E-state index contributed by atoms with van der Waals surface area (Å²) in [7, 11) is 1.33. The summed E-state index contributed by atoms with van der Waals surface area (Å²) in [6, 6.07) is 7.65. The van der Waals surface area contributed by atoms with Gasteiger partial charge in [-0.3, -0.25) is 10.1 Å². The van der Waals surface area contributed by atoms with E-state index in [2.05, 4.69) is 0 Å². The van der Waals surface area contributed by atoms with Gasteiger partial charge in [-0.1, -0.05) is 12.1 Å². The molecule has 6 nitrogen and oxygen atoms in total. The van der Waals surface area contributed by atoms with Gasteiger partial charge in [0, 0.05) is 12.1 Å². The summed E-state index contributed by atoms with van der Waals surface area (Å²) in [4.78, 5) is 11.8. The van der Waals surface area contributed by atoms with Crippen LogP contribution >= 0.6 is 0 Å². The number of aliphatic hydroxyl groups is 1. The predicted octanol–water partition coefficient (Wildman–Crippen LogP) is 2.59. The van der Waals surface area contributed by atoms with Gasteiger partial charge in [-0.05, 0) is 17.7 Å². The maximum atomic E-state index is 14.0. The average molecular weight is 336 g/mol. The van der Waals surface area contributed by atoms with Gasteiger partial charge < -0.3 is 14.7 Å². The molecule has 0 saturated carbocycles. The van der Waals surface area contributed by atoms with Crippen LogP contribution in [-0.4, -0.2) is 30.2 Å². The molecule has 0 radical (unpaired) electrons. The van der Waals surface area contributed by atoms with Gasteiger partial charge in [0.2, 0.25) is 5.82 Å². The molecule has 8 heteroatoms. The maximum Gasteiger partial charge on any atom is 0.328 e. The van der Waals surface area contributed by atoms with Gasteiger partial charge in [0.15, 0.2) is 0 Å². The Morgan fingerprint density at radius 2 is 1.88 bits per heavy atom. The Morgan fingerprint density at radius 1 is 1.25 bits per heavy atom. The third-order valence-electron chi connectivity index (χ3n) is 4.06. The number of halogens is 2. The van der Waals surface area contributed by atoms with Crippen molar-refractivity contribution in [2.24, 2.45) is 0 Å². The first-order valence-electron chi connectivity index (χ1n) is 7.09. The van der Waals surface area contributed by atoms with Gasteiger partial charge in [-0.15, -0.1) is 0 Å². The van der Waals surface area contributed by atoms with E-state index in [1.165, 1.54) is 42.3 Å². The Balaban J connectivity index is 1.91. The lowest BCUT2D eigenvalue weighted by atomic mass is 9.85. The van der Waals surface area contributed by atoms with Crippen LogP contribution in [0.15, 0.2) is 36.4 Å². The average Bonchev–Trinajstić information content (AvgIpc) is 2.51. The minimum atomic E-state index is -1.28. The van der Waals surface area contributed by atoms with Crippen molar-refractivity contribution in [3.63, 3.8) is 0 Å². The first-order valence-corrected chi connectivity index (χ1v) is 7.09. The highest BCUT2D eigenvalue weighted by Crippen LogP contribution is 2.42. The molecule has 1 fully saturated rings. The lowest BCUT2D eigenvalue weighted by Gasteiger charge is -2.47. The van der Waals surface area contributed by atoms with Crippen LogP contribution in [0.1, 0.15) is 5.56 Å². The molecule has 0 aliphatic carbocycles. The van der Waals surface area contributed by atoms with Crippen LogP contribution < -0.4 is 9.64 Å². The second kappa shape index (κ2) is 5.72. The zero-order valence-electron chi connectivity index (χ0n) is 12.7. The van der Waals surface area contributed by atoms with E-state index in [9.17, 15) is 24.0 Å². The molecule has 0 atom stereocenters. The van der Waals surface area contributed by atoms with E-state index in [4.69, 9.17) is 4.74 Å². The Hall–Kier alpha value is -2.74. The standard InChI is InChI=1S/C16H14F2N2O4/c1-24-12-6-13(18)15(20(22)23)14(7-12)19-8-16(21,9-19)10-2-4-11(17)5-3-10/h2-7,21H,8-9H2,1H3. The Kier molecular flexibility index (Phi) is 3.84. The van der Waals surface area contributed by atoms with Crippen LogP contribution in [0, 0.1) is 21.7 Å². The molecule has 1 N–H and O–H groups in total. The smallest absolute Gasteiger partial charge is 0.328 e. The van der Waals surface area contributed by atoms with Crippen molar-refractivity contribution in [2.75, 3.05) is 25.1 Å². The summed E-state index contributed by atoms with van der Waals surface area (Å²) in [5.41, 5.74) is -1.42. The van der Waals surface area contributed by atoms with E-state index in [0.717, 1.165) is 6.07 Å². The summed E-state index contributed by atoms with van der Waals surface area (Å²) in [5, 5.41) is 21.7. The molecule has 0 bridgehead atoms. The van der Waals surface area contributed by atoms with Gasteiger partial charge in [0.25, 0.3) is 0 Å². The molecule has 1 saturated heterocycles. The summed E-state index contributed by atoms with van der Waals surface area (Å²) in [6.07, 6.45) is 0. The molecule has 24 heavy (non-hydrogen) atoms. The normalized spacial score (nSPS) is 15.8. The van der Waals surface area contributed by atoms with Crippen molar-refractivity contribution in [3.05, 3.63) is 63.7 Å². The Bertz CT molecular complexity index is 789. The molecular formula is C16H14F2N2O4. The van der Waals surface area contributed by atoms with E-state index < -0.39 is 27.8 Å². The topological polar surface area (TPSA) is 75.8 Å². The lowest BCUT2D eigenvalue weighted by Crippen LogP contribution is -2.59. The molecule has 1 heterocycles. The predicted molar refractivity (Wildman–Crippen MR) is 82.1 cm³/mol. The minimum Gasteiger partial charge on any atom is -0.497 e. The maximum absolute atomic E-state index is 14.0. The fourth-order valence-electron chi connectivity index (χ4n) is 2.80. The van der Waals surface area contributed by atoms with E-state index in [1.54, 1.807) is 0 Å². The van der Waals surface area contributed by atoms with Gasteiger partial charge in [-0.25, -0.2) is 4.39 Å². The summed E-state index contributed by atoms with van der Waals surface area (Å²) in [6.45, 7) is 0.0398. The molecule has 1 aliphatic rings. The number of ether oxygens (including phenoxy) is 1. The Morgan fingerprint density at radius 3 is 2.42 bits per heavy atom. The van der Waals surface area contributed by atoms with Crippen LogP contribution in [0.25, 0.3) is 0 Å². The van der Waals surface area contributed by atoms with Crippen LogP contribution in [0.4, 0.5) is 20.2 Å². The molecule has 2 aromatic carbocycles. The van der Waals surface area contributed by atoms with Crippen molar-refractivity contribution in [3.8, 4) is 5.75 Å². The largest absolute Gasteiger partial charge is 0.497 e. The van der Waals surface area contributed by atoms with Crippen LogP contribution in [0.5, 0.6) is 5.75 Å². The summed E-state index contributed by atoms with van der Waals surface area (Å²) >= 11 is 0. The fourth-order valence-corrected chi connectivity index (χ4v) is 2.80. The van der Waals surface area contributed by atoms with Gasteiger partial charge in [0.05, 0.1) is 25.1 Å². The third kappa shape index (κ3) is 2.65. The van der Waals surface area contributed by atoms with Crippen LogP contribution in [0.2, 0.25) is 0 Å². The first-order chi connectivity index (χ1) is 11.3. The first kappa shape index (κ1) is 16.1. The SMILES string of the molecule is COc1cc(F)c([N+](=O)[O-])c(N2CC(O)(c3ccc(F)cc3)C2)c1. The van der Waals surface area contributed by atoms with Crippen molar-refractivity contribution in [1.29, 1.82) is 0 Å². The number of rotatable bonds is 4. The molecule has 0 amide bonds. The second-order valence-electron chi connectivity index (χ2n) is 5.63. The molecule has 126 valence electrons. The molecule has 3 rings (SSSR count). The van der Waals surface area contributed by atoms with Crippen molar-refractivity contribution in [2.45, 2.75) is 5.60 Å². The van der Waals surface area contributed by atoms with Crippen LogP contribution in [0.3, 0.4) is 0 Å². The number of benzene rings is 2. The highest BCUT2D eigenvalue weighted by Gasteiger charge is 2.45. The minimum absolute atomic E-state index is 0.0199. The van der Waals surface area contributed by atoms with E-state index in [0.29, 0.717) is 5.56 Å². The highest BCUT2D eigenvalue weighted by atomic mass is 19.1. The third-order valence-corrected chi connectivity index (χ3v) is 4.06. The number of nitro groups is 1. The number of hydrogen-bond donors (Lipinski definition) is 1. The Labute approximate surface area is 136 Å². The fraction of sp³-hybridized carbons (Fsp3) is 0.250. The highest BCUT2D eigenvalue weighted by molar-refractivity contribution is 5.68. The van der Waals surface area contributed by atoms with Gasteiger partial charge in [-0.2, -0.15) is 4.39 Å². The molecule has 0 unspecified atom stereocenters. The van der Waals surface area contributed by atoms with E-state index in [1.807, 2.05) is 0 Å². The second-order valence-corrected chi connectivity index (χ2v) is 5.63. The number of hydrogen-bond acceptors (Lipinski definition) is 5. The number of nitrogens with zero attached hydrogens (tertiary/aromatic N) is 2. The number of β-amino-alcohol motifs (C(OH)–C–C–N with tert-alkyl or cyclic N) is 1. The number of anilines is 1. The molecule has 2 aromatic rings. The summed E-state index contributed by atoms with van der Waals surface area (Å²) in [5.74, 6) is -1.29. The summed E-state index contributed by atoms with van der Waals surface area (Å²) < 4.78 is 31.9. The lowest BCUT2D eigenvalue weighted by molar-refractivity contribution is -0.386. The molecule has 1 aliphatic heterocycles. The van der Waals surface area contributed by atoms with Crippen molar-refractivity contribution in [1.82, 2.24) is 0 Å². The zero-order valence-corrected chi connectivity index (χ0v) is 12.7. The quantitative estimate of drug-likeness (QED) is 0.686. The van der Waals surface area contributed by atoms with Gasteiger partial charge in [0.1, 0.15) is 22.9 Å². The van der Waals surface area contributed by atoms with Crippen molar-refractivity contribution >= 4 is 11.4 Å². The molecule has 0 aromatic heterocycles. The number of nitro benzene ring substituents is 1. The number of methoxy groups -OCH3 is 1. The molecular weight excluding hydrogens is 322 g/mol. The van der Waals surface area contributed by atoms with Gasteiger partial charge >= 0.3 is 5.69 Å². The monoisotopic (exact) mass is 336 g/mol. The zero-order chi connectivity index (χ0) is 17.5. The van der Waals surface area contributed by atoms with Crippen LogP contribution in [-0.2, 0) is 5.60 Å². The van der Waals surface area contributed by atoms with E-state index in [-0.39, 0.29) is 24.5 Å². The van der Waals surface area contributed by atoms with E-state index >= 15 is 0 Å². The van der Waals surface area contributed by atoms with Crippen molar-refractivity contribution < 1.29 is 23.5 Å².